The van der Waals surface area contributed by atoms with E-state index in [2.05, 4.69) is 20.6 Å². The quantitative estimate of drug-likeness (QED) is 0.325. The van der Waals surface area contributed by atoms with E-state index in [4.69, 9.17) is 0 Å². The van der Waals surface area contributed by atoms with E-state index in [1.807, 2.05) is 41.3 Å². The first-order valence-corrected chi connectivity index (χ1v) is 12.4. The molecule has 4 aromatic rings. The SMILES string of the molecule is O=C(Cc1ccc(F)cc1)Nc1cc(-c2[nH]c3c(c2Nc2ccccc2)C(=O)N(C2CC2)CC3)ccn1. The van der Waals surface area contributed by atoms with Crippen molar-refractivity contribution in [2.45, 2.75) is 31.7 Å². The van der Waals surface area contributed by atoms with Gasteiger partial charge in [-0.3, -0.25) is 9.59 Å². The van der Waals surface area contributed by atoms with Crippen molar-refractivity contribution in [2.75, 3.05) is 17.2 Å². The highest BCUT2D eigenvalue weighted by atomic mass is 19.1. The van der Waals surface area contributed by atoms with E-state index in [1.54, 1.807) is 24.4 Å². The second-order valence-corrected chi connectivity index (χ2v) is 9.48. The van der Waals surface area contributed by atoms with Gasteiger partial charge in [-0.05, 0) is 54.8 Å². The van der Waals surface area contributed by atoms with Crippen molar-refractivity contribution >= 4 is 29.0 Å². The fourth-order valence-corrected chi connectivity index (χ4v) is 4.82. The third kappa shape index (κ3) is 4.82. The van der Waals surface area contributed by atoms with Crippen LogP contribution in [0.4, 0.5) is 21.6 Å². The number of nitrogens with one attached hydrogen (secondary N) is 3. The van der Waals surface area contributed by atoms with E-state index in [1.165, 1.54) is 12.1 Å². The maximum atomic E-state index is 13.5. The zero-order valence-corrected chi connectivity index (χ0v) is 20.1. The van der Waals surface area contributed by atoms with Crippen LogP contribution in [0.1, 0.15) is 34.5 Å². The Morgan fingerprint density at radius 1 is 1.08 bits per heavy atom. The lowest BCUT2D eigenvalue weighted by molar-refractivity contribution is -0.115. The lowest BCUT2D eigenvalue weighted by Gasteiger charge is -2.27. The highest BCUT2D eigenvalue weighted by Gasteiger charge is 2.39. The Labute approximate surface area is 213 Å². The molecule has 2 aromatic heterocycles. The Morgan fingerprint density at radius 2 is 1.86 bits per heavy atom. The molecule has 0 atom stereocenters. The number of carbonyl (C=O) groups is 2. The predicted octanol–water partition coefficient (Wildman–Crippen LogP) is 5.30. The van der Waals surface area contributed by atoms with Crippen molar-refractivity contribution in [3.63, 3.8) is 0 Å². The number of hydrogen-bond acceptors (Lipinski definition) is 4. The van der Waals surface area contributed by atoms with Gasteiger partial charge in [0.05, 0.1) is 23.4 Å². The van der Waals surface area contributed by atoms with E-state index < -0.39 is 0 Å². The third-order valence-electron chi connectivity index (χ3n) is 6.78. The van der Waals surface area contributed by atoms with Gasteiger partial charge in [0.25, 0.3) is 5.91 Å². The van der Waals surface area contributed by atoms with Gasteiger partial charge in [-0.15, -0.1) is 0 Å². The number of amides is 2. The van der Waals surface area contributed by atoms with Crippen LogP contribution < -0.4 is 10.6 Å². The molecule has 0 saturated heterocycles. The number of pyridine rings is 1. The Balaban J connectivity index is 1.32. The Bertz CT molecular complexity index is 1460. The molecule has 1 aliphatic heterocycles. The molecule has 3 heterocycles. The predicted molar refractivity (Wildman–Crippen MR) is 140 cm³/mol. The Morgan fingerprint density at radius 3 is 2.62 bits per heavy atom. The fraction of sp³-hybridized carbons (Fsp3) is 0.207. The van der Waals surface area contributed by atoms with Gasteiger partial charge in [-0.25, -0.2) is 9.37 Å². The number of H-pyrrole nitrogens is 1. The number of aromatic nitrogens is 2. The molecule has 1 fully saturated rings. The normalized spacial score (nSPS) is 14.8. The molecule has 7 nitrogen and oxygen atoms in total. The van der Waals surface area contributed by atoms with Gasteiger partial charge >= 0.3 is 0 Å². The van der Waals surface area contributed by atoms with Crippen LogP contribution in [0.25, 0.3) is 11.3 Å². The molecular formula is C29H26FN5O2. The topological polar surface area (TPSA) is 90.1 Å². The molecule has 8 heteroatoms. The van der Waals surface area contributed by atoms with E-state index in [0.717, 1.165) is 47.6 Å². The maximum absolute atomic E-state index is 13.5. The number of para-hydroxylation sites is 1. The first kappa shape index (κ1) is 23.0. The van der Waals surface area contributed by atoms with Crippen LogP contribution in [-0.4, -0.2) is 39.3 Å². The number of nitrogens with zero attached hydrogens (tertiary/aromatic N) is 2. The number of benzene rings is 2. The van der Waals surface area contributed by atoms with Crippen molar-refractivity contribution in [3.05, 3.63) is 95.6 Å². The lowest BCUT2D eigenvalue weighted by atomic mass is 10.0. The molecule has 2 amide bonds. The molecule has 37 heavy (non-hydrogen) atoms. The smallest absolute Gasteiger partial charge is 0.258 e. The Hall–Kier alpha value is -4.46. The van der Waals surface area contributed by atoms with Crippen molar-refractivity contribution in [1.29, 1.82) is 0 Å². The summed E-state index contributed by atoms with van der Waals surface area (Å²) >= 11 is 0. The van der Waals surface area contributed by atoms with E-state index in [0.29, 0.717) is 29.5 Å². The van der Waals surface area contributed by atoms with Crippen molar-refractivity contribution < 1.29 is 14.0 Å². The second-order valence-electron chi connectivity index (χ2n) is 9.48. The van der Waals surface area contributed by atoms with Gasteiger partial charge in [-0.2, -0.15) is 0 Å². The summed E-state index contributed by atoms with van der Waals surface area (Å²) in [6.45, 7) is 0.711. The van der Waals surface area contributed by atoms with Crippen LogP contribution in [0, 0.1) is 5.82 Å². The number of halogens is 1. The molecule has 2 aliphatic rings. The van der Waals surface area contributed by atoms with Crippen molar-refractivity contribution in [1.82, 2.24) is 14.9 Å². The monoisotopic (exact) mass is 495 g/mol. The minimum absolute atomic E-state index is 0.0477. The van der Waals surface area contributed by atoms with Crippen LogP contribution in [0.15, 0.2) is 72.9 Å². The average Bonchev–Trinajstić information content (AvgIpc) is 3.68. The third-order valence-corrected chi connectivity index (χ3v) is 6.78. The number of rotatable bonds is 7. The summed E-state index contributed by atoms with van der Waals surface area (Å²) in [5.74, 6) is -0.147. The highest BCUT2D eigenvalue weighted by molar-refractivity contribution is 6.06. The van der Waals surface area contributed by atoms with Gasteiger partial charge in [0, 0.05) is 42.1 Å². The summed E-state index contributed by atoms with van der Waals surface area (Å²) in [6, 6.07) is 19.6. The molecule has 0 bridgehead atoms. The van der Waals surface area contributed by atoms with E-state index >= 15 is 0 Å². The Kier molecular flexibility index (Phi) is 5.92. The van der Waals surface area contributed by atoms with Crippen LogP contribution in [0.3, 0.4) is 0 Å². The van der Waals surface area contributed by atoms with Gasteiger partial charge in [0.2, 0.25) is 5.91 Å². The number of carbonyl (C=O) groups excluding carboxylic acids is 2. The highest BCUT2D eigenvalue weighted by Crippen LogP contribution is 2.40. The van der Waals surface area contributed by atoms with E-state index in [9.17, 15) is 14.0 Å². The molecule has 0 spiro atoms. The molecule has 0 unspecified atom stereocenters. The molecule has 186 valence electrons. The van der Waals surface area contributed by atoms with Gasteiger partial charge in [0.1, 0.15) is 11.6 Å². The number of anilines is 3. The summed E-state index contributed by atoms with van der Waals surface area (Å²) in [4.78, 5) is 35.9. The van der Waals surface area contributed by atoms with E-state index in [-0.39, 0.29) is 24.1 Å². The van der Waals surface area contributed by atoms with Gasteiger partial charge in [-0.1, -0.05) is 30.3 Å². The summed E-state index contributed by atoms with van der Waals surface area (Å²) in [6.07, 6.45) is 4.62. The summed E-state index contributed by atoms with van der Waals surface area (Å²) in [5, 5.41) is 6.30. The standard InChI is InChI=1S/C29H26FN5O2/c30-20-8-6-18(7-9-20)16-25(36)34-24-17-19(12-14-31-24)27-28(32-21-4-2-1-3-5-21)26-23(33-27)13-15-35(29(26)37)22-10-11-22/h1-9,12,14,17,22,32-33H,10-11,13,15-16H2,(H,31,34,36). The van der Waals surface area contributed by atoms with Crippen molar-refractivity contribution in [2.24, 2.45) is 0 Å². The number of fused-ring (bicyclic) bond motifs is 1. The summed E-state index contributed by atoms with van der Waals surface area (Å²) in [7, 11) is 0. The summed E-state index contributed by atoms with van der Waals surface area (Å²) in [5.41, 5.74) is 5.47. The molecule has 2 aromatic carbocycles. The van der Waals surface area contributed by atoms with Gasteiger partial charge in [0.15, 0.2) is 0 Å². The molecule has 3 N–H and O–H groups in total. The maximum Gasteiger partial charge on any atom is 0.258 e. The number of hydrogen-bond donors (Lipinski definition) is 3. The van der Waals surface area contributed by atoms with Crippen LogP contribution in [-0.2, 0) is 17.6 Å². The second kappa shape index (κ2) is 9.54. The van der Waals surface area contributed by atoms with Crippen LogP contribution in [0.5, 0.6) is 0 Å². The molecule has 6 rings (SSSR count). The van der Waals surface area contributed by atoms with Crippen molar-refractivity contribution in [3.8, 4) is 11.3 Å². The molecule has 1 aliphatic carbocycles. The zero-order chi connectivity index (χ0) is 25.4. The zero-order valence-electron chi connectivity index (χ0n) is 20.1. The molecular weight excluding hydrogens is 469 g/mol. The van der Waals surface area contributed by atoms with Crippen LogP contribution >= 0.6 is 0 Å². The molecule has 1 saturated carbocycles. The number of aromatic amines is 1. The lowest BCUT2D eigenvalue weighted by Crippen LogP contribution is -2.39. The van der Waals surface area contributed by atoms with Crippen LogP contribution in [0.2, 0.25) is 0 Å². The fourth-order valence-electron chi connectivity index (χ4n) is 4.82. The summed E-state index contributed by atoms with van der Waals surface area (Å²) < 4.78 is 13.2. The minimum atomic E-state index is -0.342. The average molecular weight is 496 g/mol. The first-order chi connectivity index (χ1) is 18.0. The van der Waals surface area contributed by atoms with Gasteiger partial charge < -0.3 is 20.5 Å². The molecule has 0 radical (unpaired) electrons. The minimum Gasteiger partial charge on any atom is -0.356 e. The largest absolute Gasteiger partial charge is 0.356 e. The first-order valence-electron chi connectivity index (χ1n) is 12.4.